The topological polar surface area (TPSA) is 64.4 Å². The zero-order valence-electron chi connectivity index (χ0n) is 20.0. The predicted molar refractivity (Wildman–Crippen MR) is 145 cm³/mol. The Bertz CT molecular complexity index is 1350. The molecule has 3 aromatic heterocycles. The number of benzene rings is 1. The van der Waals surface area contributed by atoms with Gasteiger partial charge in [0, 0.05) is 37.1 Å². The first-order valence-electron chi connectivity index (χ1n) is 11.6. The number of anilines is 1. The second kappa shape index (κ2) is 10.7. The summed E-state index contributed by atoms with van der Waals surface area (Å²) in [5.74, 6) is 1.43. The highest BCUT2D eigenvalue weighted by Crippen LogP contribution is 2.43. The molecule has 1 aromatic carbocycles. The lowest BCUT2D eigenvalue weighted by Gasteiger charge is -2.29. The van der Waals surface area contributed by atoms with Crippen molar-refractivity contribution in [2.75, 3.05) is 25.2 Å². The van der Waals surface area contributed by atoms with E-state index < -0.39 is 0 Å². The van der Waals surface area contributed by atoms with Crippen LogP contribution in [0.4, 0.5) is 5.69 Å². The summed E-state index contributed by atoms with van der Waals surface area (Å²) < 4.78 is 12.9. The van der Waals surface area contributed by atoms with Crippen LogP contribution in [0.5, 0.6) is 5.75 Å². The largest absolute Gasteiger partial charge is 0.490 e. The van der Waals surface area contributed by atoms with Gasteiger partial charge in [-0.2, -0.15) is 0 Å². The summed E-state index contributed by atoms with van der Waals surface area (Å²) in [6.07, 6.45) is 5.68. The minimum Gasteiger partial charge on any atom is -0.490 e. The van der Waals surface area contributed by atoms with Crippen LogP contribution >= 0.6 is 23.8 Å². The van der Waals surface area contributed by atoms with Gasteiger partial charge in [-0.05, 0) is 73.2 Å². The van der Waals surface area contributed by atoms with Crippen LogP contribution in [0.2, 0.25) is 5.02 Å². The van der Waals surface area contributed by atoms with Gasteiger partial charge in [-0.15, -0.1) is 0 Å². The number of aryl methyl sites for hydroxylation is 1. The summed E-state index contributed by atoms with van der Waals surface area (Å²) in [5, 5.41) is 4.58. The molecule has 4 aromatic rings. The molecule has 5 rings (SSSR count). The fourth-order valence-electron chi connectivity index (χ4n) is 4.37. The average molecular weight is 520 g/mol. The minimum atomic E-state index is -0.207. The van der Waals surface area contributed by atoms with Crippen LogP contribution in [0.25, 0.3) is 5.82 Å². The zero-order valence-corrected chi connectivity index (χ0v) is 21.5. The van der Waals surface area contributed by atoms with E-state index in [-0.39, 0.29) is 12.1 Å². The maximum atomic E-state index is 6.62. The monoisotopic (exact) mass is 519 g/mol. The number of halogens is 1. The molecular weight excluding hydrogens is 494 g/mol. The third kappa shape index (κ3) is 4.80. The number of ether oxygens (including phenoxy) is 2. The highest BCUT2D eigenvalue weighted by molar-refractivity contribution is 7.80. The smallest absolute Gasteiger partial charge is 0.174 e. The van der Waals surface area contributed by atoms with Crippen molar-refractivity contribution in [3.63, 3.8) is 0 Å². The van der Waals surface area contributed by atoms with E-state index in [4.69, 9.17) is 33.3 Å². The van der Waals surface area contributed by atoms with Gasteiger partial charge in [0.05, 0.1) is 23.4 Å². The van der Waals surface area contributed by atoms with Crippen molar-refractivity contribution < 1.29 is 9.47 Å². The number of hydrogen-bond donors (Lipinski definition) is 1. The molecule has 0 saturated carbocycles. The number of rotatable bonds is 8. The predicted octanol–water partition coefficient (Wildman–Crippen LogP) is 5.43. The lowest BCUT2D eigenvalue weighted by molar-refractivity contribution is 0.146. The normalized spacial score (nSPS) is 17.3. The first-order chi connectivity index (χ1) is 17.6. The van der Waals surface area contributed by atoms with E-state index in [1.807, 2.05) is 67.8 Å². The fourth-order valence-corrected chi connectivity index (χ4v) is 4.95. The molecule has 1 saturated heterocycles. The van der Waals surface area contributed by atoms with Crippen molar-refractivity contribution in [1.29, 1.82) is 0 Å². The lowest BCUT2D eigenvalue weighted by Crippen LogP contribution is -2.30. The quantitative estimate of drug-likeness (QED) is 0.246. The Kier molecular flexibility index (Phi) is 7.18. The molecule has 36 heavy (non-hydrogen) atoms. The average Bonchev–Trinajstić information content (AvgIpc) is 3.50. The summed E-state index contributed by atoms with van der Waals surface area (Å²) >= 11 is 12.5. The van der Waals surface area contributed by atoms with Gasteiger partial charge in [0.15, 0.2) is 5.11 Å². The molecule has 0 unspecified atom stereocenters. The fraction of sp³-hybridized carbons (Fsp3) is 0.222. The Hall–Kier alpha value is -3.46. The summed E-state index contributed by atoms with van der Waals surface area (Å²) in [4.78, 5) is 11.4. The van der Waals surface area contributed by atoms with Gasteiger partial charge >= 0.3 is 0 Å². The van der Waals surface area contributed by atoms with E-state index in [0.29, 0.717) is 29.1 Å². The van der Waals surface area contributed by atoms with Crippen molar-refractivity contribution in [3.05, 3.63) is 101 Å². The lowest BCUT2D eigenvalue weighted by atomic mass is 10.0. The van der Waals surface area contributed by atoms with Gasteiger partial charge in [0.25, 0.3) is 0 Å². The van der Waals surface area contributed by atoms with Gasteiger partial charge in [-0.3, -0.25) is 4.98 Å². The molecule has 0 spiro atoms. The summed E-state index contributed by atoms with van der Waals surface area (Å²) in [6.45, 7) is 2.93. The van der Waals surface area contributed by atoms with Crippen LogP contribution in [-0.4, -0.2) is 40.0 Å². The standard InChI is InChI=1S/C27H26ClN5O2S/c1-18-8-11-24(30-17-18)32-13-5-7-22(32)26-25(21-6-3-4-12-29-21)31-27(36)33(26)19-9-10-23(20(28)16-19)35-15-14-34-2/h3-13,16-17,25-26H,14-15H2,1-2H3,(H,31,36)/t25-,26-/m1/s1. The number of methoxy groups -OCH3 is 1. The SMILES string of the molecule is COCCOc1ccc(N2C(=S)N[C@H](c3ccccn3)[C@H]2c2cccn2-c2ccc(C)cn2)cc1Cl. The number of hydrogen-bond acceptors (Lipinski definition) is 5. The molecule has 0 amide bonds. The van der Waals surface area contributed by atoms with Crippen molar-refractivity contribution in [1.82, 2.24) is 19.9 Å². The highest BCUT2D eigenvalue weighted by atomic mass is 35.5. The third-order valence-corrected chi connectivity index (χ3v) is 6.67. The number of nitrogens with one attached hydrogen (secondary N) is 1. The number of pyridine rings is 2. The van der Waals surface area contributed by atoms with E-state index in [0.717, 1.165) is 28.5 Å². The van der Waals surface area contributed by atoms with E-state index in [2.05, 4.69) is 36.9 Å². The van der Waals surface area contributed by atoms with Crippen LogP contribution in [0.3, 0.4) is 0 Å². The Morgan fingerprint density at radius 1 is 1.06 bits per heavy atom. The van der Waals surface area contributed by atoms with Crippen LogP contribution < -0.4 is 15.0 Å². The number of nitrogens with zero attached hydrogens (tertiary/aromatic N) is 4. The van der Waals surface area contributed by atoms with Crippen LogP contribution in [-0.2, 0) is 4.74 Å². The van der Waals surface area contributed by atoms with Crippen molar-refractivity contribution >= 4 is 34.6 Å². The number of thiocarbonyl (C=S) groups is 1. The Labute approximate surface area is 220 Å². The molecule has 0 radical (unpaired) electrons. The van der Waals surface area contributed by atoms with Gasteiger partial charge in [-0.1, -0.05) is 23.7 Å². The molecule has 9 heteroatoms. The summed E-state index contributed by atoms with van der Waals surface area (Å²) in [7, 11) is 1.63. The summed E-state index contributed by atoms with van der Waals surface area (Å²) in [5.41, 5.74) is 3.87. The van der Waals surface area contributed by atoms with E-state index >= 15 is 0 Å². The van der Waals surface area contributed by atoms with E-state index in [1.54, 1.807) is 13.3 Å². The molecule has 184 valence electrons. The zero-order chi connectivity index (χ0) is 25.1. The minimum absolute atomic E-state index is 0.186. The van der Waals surface area contributed by atoms with E-state index in [1.165, 1.54) is 0 Å². The maximum absolute atomic E-state index is 6.62. The van der Waals surface area contributed by atoms with Crippen molar-refractivity contribution in [2.24, 2.45) is 0 Å². The summed E-state index contributed by atoms with van der Waals surface area (Å²) in [6, 6.07) is 19.4. The molecule has 0 aliphatic carbocycles. The van der Waals surface area contributed by atoms with Gasteiger partial charge < -0.3 is 24.3 Å². The van der Waals surface area contributed by atoms with E-state index in [9.17, 15) is 0 Å². The van der Waals surface area contributed by atoms with Gasteiger partial charge in [0.1, 0.15) is 24.2 Å². The second-order valence-corrected chi connectivity index (χ2v) is 9.24. The Morgan fingerprint density at radius 2 is 1.94 bits per heavy atom. The molecule has 1 fully saturated rings. The molecule has 4 heterocycles. The number of aromatic nitrogens is 3. The molecular formula is C27H26ClN5O2S. The van der Waals surface area contributed by atoms with Crippen LogP contribution in [0.15, 0.2) is 79.3 Å². The molecule has 1 aliphatic rings. The second-order valence-electron chi connectivity index (χ2n) is 8.45. The first kappa shape index (κ1) is 24.2. The van der Waals surface area contributed by atoms with Gasteiger partial charge in [-0.25, -0.2) is 4.98 Å². The molecule has 2 atom stereocenters. The Balaban J connectivity index is 1.58. The highest BCUT2D eigenvalue weighted by Gasteiger charge is 2.42. The third-order valence-electron chi connectivity index (χ3n) is 6.06. The van der Waals surface area contributed by atoms with Crippen LogP contribution in [0, 0.1) is 6.92 Å². The van der Waals surface area contributed by atoms with Crippen molar-refractivity contribution in [2.45, 2.75) is 19.0 Å². The molecule has 1 N–H and O–H groups in total. The Morgan fingerprint density at radius 3 is 2.67 bits per heavy atom. The maximum Gasteiger partial charge on any atom is 0.174 e. The first-order valence-corrected chi connectivity index (χ1v) is 12.4. The van der Waals surface area contributed by atoms with Crippen molar-refractivity contribution in [3.8, 4) is 11.6 Å². The molecule has 0 bridgehead atoms. The molecule has 1 aliphatic heterocycles. The van der Waals surface area contributed by atoms with Crippen LogP contribution in [0.1, 0.15) is 29.0 Å². The molecule has 7 nitrogen and oxygen atoms in total. The van der Waals surface area contributed by atoms with Gasteiger partial charge in [0.2, 0.25) is 0 Å².